The van der Waals surface area contributed by atoms with E-state index in [9.17, 15) is 8.42 Å². The molecule has 9 heteroatoms. The summed E-state index contributed by atoms with van der Waals surface area (Å²) in [5.74, 6) is 0.280. The molecule has 0 unspecified atom stereocenters. The number of aryl methyl sites for hydroxylation is 1. The van der Waals surface area contributed by atoms with Crippen molar-refractivity contribution in [2.45, 2.75) is 13.8 Å². The normalized spacial score (nSPS) is 12.5. The molecule has 0 saturated carbocycles. The van der Waals surface area contributed by atoms with E-state index in [1.165, 1.54) is 0 Å². The molecular formula is C11H19N5O3S. The molecule has 112 valence electrons. The van der Waals surface area contributed by atoms with Crippen molar-refractivity contribution in [2.24, 2.45) is 10.9 Å². The summed E-state index contributed by atoms with van der Waals surface area (Å²) in [5.41, 5.74) is 7.52. The number of nitrogens with zero attached hydrogens (tertiary/aromatic N) is 4. The van der Waals surface area contributed by atoms with Gasteiger partial charge in [-0.05, 0) is 19.4 Å². The Balaban J connectivity index is 3.21. The number of aromatic nitrogens is 2. The first-order valence-electron chi connectivity index (χ1n) is 5.88. The van der Waals surface area contributed by atoms with Crippen molar-refractivity contribution in [1.82, 2.24) is 10.2 Å². The molecule has 0 fully saturated rings. The summed E-state index contributed by atoms with van der Waals surface area (Å²) in [6.45, 7) is 3.78. The van der Waals surface area contributed by atoms with Crippen LogP contribution in [-0.4, -0.2) is 55.3 Å². The molecule has 0 atom stereocenters. The monoisotopic (exact) mass is 301 g/mol. The summed E-state index contributed by atoms with van der Waals surface area (Å²) in [5, 5.41) is 19.9. The topological polar surface area (TPSA) is 122 Å². The van der Waals surface area contributed by atoms with Gasteiger partial charge in [-0.3, -0.25) is 0 Å². The van der Waals surface area contributed by atoms with Crippen molar-refractivity contribution in [3.05, 3.63) is 16.8 Å². The van der Waals surface area contributed by atoms with Crippen molar-refractivity contribution in [3.63, 3.8) is 0 Å². The van der Waals surface area contributed by atoms with Gasteiger partial charge >= 0.3 is 0 Å². The van der Waals surface area contributed by atoms with Gasteiger partial charge in [0.15, 0.2) is 11.7 Å². The van der Waals surface area contributed by atoms with Gasteiger partial charge in [0.2, 0.25) is 0 Å². The minimum atomic E-state index is -3.08. The molecule has 0 bridgehead atoms. The van der Waals surface area contributed by atoms with Gasteiger partial charge in [-0.2, -0.15) is 5.10 Å². The van der Waals surface area contributed by atoms with Crippen LogP contribution in [0, 0.1) is 13.8 Å². The summed E-state index contributed by atoms with van der Waals surface area (Å²) in [7, 11) is -1.41. The van der Waals surface area contributed by atoms with Gasteiger partial charge in [-0.1, -0.05) is 5.16 Å². The summed E-state index contributed by atoms with van der Waals surface area (Å²) in [4.78, 5) is 1.62. The van der Waals surface area contributed by atoms with Crippen LogP contribution in [0.15, 0.2) is 5.16 Å². The van der Waals surface area contributed by atoms with Gasteiger partial charge in [0.05, 0.1) is 17.0 Å². The standard InChI is InChI=1S/C11H19N5O3S/c1-7-8(2)13-14-11(9(7)10(12)15-17)16(3)5-6-20(4,18)19/h17H,5-6H2,1-4H3,(H2,12,15). The van der Waals surface area contributed by atoms with E-state index in [0.29, 0.717) is 17.1 Å². The molecule has 1 aromatic heterocycles. The number of rotatable bonds is 5. The lowest BCUT2D eigenvalue weighted by Gasteiger charge is -2.21. The molecule has 0 aliphatic rings. The smallest absolute Gasteiger partial charge is 0.174 e. The second-order valence-corrected chi connectivity index (χ2v) is 6.91. The maximum atomic E-state index is 11.2. The molecule has 3 N–H and O–H groups in total. The molecule has 0 aliphatic carbocycles. The lowest BCUT2D eigenvalue weighted by atomic mass is 10.1. The highest BCUT2D eigenvalue weighted by atomic mass is 32.2. The van der Waals surface area contributed by atoms with Crippen LogP contribution in [-0.2, 0) is 9.84 Å². The average Bonchev–Trinajstić information content (AvgIpc) is 2.37. The predicted octanol–water partition coefficient (Wildman–Crippen LogP) is -0.331. The lowest BCUT2D eigenvalue weighted by Crippen LogP contribution is -2.30. The summed E-state index contributed by atoms with van der Waals surface area (Å²) < 4.78 is 22.4. The zero-order chi connectivity index (χ0) is 15.5. The Kier molecular flexibility index (Phi) is 4.88. The molecule has 0 amide bonds. The molecule has 0 spiro atoms. The molecule has 1 aromatic rings. The molecule has 0 aliphatic heterocycles. The van der Waals surface area contributed by atoms with Crippen molar-refractivity contribution >= 4 is 21.5 Å². The second-order valence-electron chi connectivity index (χ2n) is 4.65. The van der Waals surface area contributed by atoms with Crippen LogP contribution in [0.2, 0.25) is 0 Å². The first-order chi connectivity index (χ1) is 9.17. The Morgan fingerprint density at radius 1 is 1.40 bits per heavy atom. The molecule has 0 saturated heterocycles. The van der Waals surface area contributed by atoms with Gasteiger partial charge in [0.1, 0.15) is 9.84 Å². The summed E-state index contributed by atoms with van der Waals surface area (Å²) >= 11 is 0. The third-order valence-electron chi connectivity index (χ3n) is 2.96. The van der Waals surface area contributed by atoms with E-state index < -0.39 is 9.84 Å². The number of hydrogen-bond donors (Lipinski definition) is 2. The van der Waals surface area contributed by atoms with Crippen molar-refractivity contribution < 1.29 is 13.6 Å². The molecular weight excluding hydrogens is 282 g/mol. The SMILES string of the molecule is Cc1nnc(N(C)CCS(C)(=O)=O)c(C(N)=NO)c1C. The minimum absolute atomic E-state index is 0.0201. The molecule has 1 rings (SSSR count). The van der Waals surface area contributed by atoms with Crippen molar-refractivity contribution in [3.8, 4) is 0 Å². The van der Waals surface area contributed by atoms with Crippen molar-refractivity contribution in [1.29, 1.82) is 0 Å². The molecule has 20 heavy (non-hydrogen) atoms. The Morgan fingerprint density at radius 2 is 2.00 bits per heavy atom. The number of sulfone groups is 1. The Morgan fingerprint density at radius 3 is 2.50 bits per heavy atom. The second kappa shape index (κ2) is 6.04. The zero-order valence-corrected chi connectivity index (χ0v) is 12.8. The Hall–Kier alpha value is -1.90. The van der Waals surface area contributed by atoms with E-state index in [-0.39, 0.29) is 18.1 Å². The van der Waals surface area contributed by atoms with Crippen molar-refractivity contribution in [2.75, 3.05) is 30.5 Å². The average molecular weight is 301 g/mol. The number of amidine groups is 1. The van der Waals surface area contributed by atoms with Gasteiger partial charge in [-0.15, -0.1) is 5.10 Å². The number of oxime groups is 1. The quantitative estimate of drug-likeness (QED) is 0.330. The summed E-state index contributed by atoms with van der Waals surface area (Å²) in [6, 6.07) is 0. The third-order valence-corrected chi connectivity index (χ3v) is 3.88. The van der Waals surface area contributed by atoms with Gasteiger partial charge in [0, 0.05) is 19.8 Å². The molecule has 8 nitrogen and oxygen atoms in total. The summed E-state index contributed by atoms with van der Waals surface area (Å²) in [6.07, 6.45) is 1.16. The van der Waals surface area contributed by atoms with Gasteiger partial charge in [0.25, 0.3) is 0 Å². The number of anilines is 1. The van der Waals surface area contributed by atoms with Crippen LogP contribution in [0.1, 0.15) is 16.8 Å². The van der Waals surface area contributed by atoms with Crippen LogP contribution in [0.25, 0.3) is 0 Å². The van der Waals surface area contributed by atoms with Crippen LogP contribution < -0.4 is 10.6 Å². The van der Waals surface area contributed by atoms with Gasteiger partial charge < -0.3 is 15.8 Å². The Bertz CT molecular complexity index is 627. The minimum Gasteiger partial charge on any atom is -0.409 e. The van der Waals surface area contributed by atoms with Crippen LogP contribution in [0.5, 0.6) is 0 Å². The fourth-order valence-electron chi connectivity index (χ4n) is 1.63. The predicted molar refractivity (Wildman–Crippen MR) is 77.0 cm³/mol. The Labute approximate surface area is 118 Å². The number of nitrogens with two attached hydrogens (primary N) is 1. The fraction of sp³-hybridized carbons (Fsp3) is 0.545. The lowest BCUT2D eigenvalue weighted by molar-refractivity contribution is 0.318. The zero-order valence-electron chi connectivity index (χ0n) is 12.0. The van der Waals surface area contributed by atoms with E-state index in [0.717, 1.165) is 11.8 Å². The van der Waals surface area contributed by atoms with Gasteiger partial charge in [-0.25, -0.2) is 8.42 Å². The molecule has 1 heterocycles. The highest BCUT2D eigenvalue weighted by molar-refractivity contribution is 7.90. The van der Waals surface area contributed by atoms with E-state index in [4.69, 9.17) is 10.9 Å². The first kappa shape index (κ1) is 16.2. The number of hydrogen-bond acceptors (Lipinski definition) is 7. The van der Waals surface area contributed by atoms with E-state index in [1.54, 1.807) is 25.8 Å². The van der Waals surface area contributed by atoms with Crippen LogP contribution in [0.3, 0.4) is 0 Å². The van der Waals surface area contributed by atoms with Crippen LogP contribution >= 0.6 is 0 Å². The van der Waals surface area contributed by atoms with Crippen LogP contribution in [0.4, 0.5) is 5.82 Å². The fourth-order valence-corrected chi connectivity index (χ4v) is 2.23. The molecule has 0 radical (unpaired) electrons. The first-order valence-corrected chi connectivity index (χ1v) is 7.94. The highest BCUT2D eigenvalue weighted by Crippen LogP contribution is 2.21. The third kappa shape index (κ3) is 3.80. The maximum Gasteiger partial charge on any atom is 0.174 e. The molecule has 0 aromatic carbocycles. The highest BCUT2D eigenvalue weighted by Gasteiger charge is 2.19. The van der Waals surface area contributed by atoms with E-state index in [1.807, 2.05) is 0 Å². The largest absolute Gasteiger partial charge is 0.409 e. The maximum absolute atomic E-state index is 11.2. The van der Waals surface area contributed by atoms with E-state index >= 15 is 0 Å². The van der Waals surface area contributed by atoms with E-state index in [2.05, 4.69) is 15.4 Å².